The Hall–Kier alpha value is -3.85. The van der Waals surface area contributed by atoms with Crippen LogP contribution in [0.15, 0.2) is 65.2 Å². The molecule has 0 fully saturated rings. The smallest absolute Gasteiger partial charge is 0.279 e. The Labute approximate surface area is 173 Å². The van der Waals surface area contributed by atoms with Crippen molar-refractivity contribution in [3.05, 3.63) is 77.9 Å². The quantitative estimate of drug-likeness (QED) is 0.451. The van der Waals surface area contributed by atoms with Crippen molar-refractivity contribution in [2.45, 2.75) is 6.92 Å². The molecule has 0 unspecified atom stereocenters. The zero-order chi connectivity index (χ0) is 20.7. The van der Waals surface area contributed by atoms with E-state index in [1.165, 1.54) is 22.1 Å². The molecule has 0 aliphatic rings. The molecule has 5 aromatic rings. The highest BCUT2D eigenvalue weighted by molar-refractivity contribution is 7.20. The zero-order valence-corrected chi connectivity index (χ0v) is 16.5. The number of nitrogens with zero attached hydrogens (tertiary/aromatic N) is 4. The molecule has 1 N–H and O–H groups in total. The molecule has 5 rings (SSSR count). The molecule has 2 aromatic carbocycles. The molecule has 0 saturated heterocycles. The summed E-state index contributed by atoms with van der Waals surface area (Å²) >= 11 is 1.28. The van der Waals surface area contributed by atoms with Gasteiger partial charge in [-0.1, -0.05) is 52.9 Å². The predicted molar refractivity (Wildman–Crippen MR) is 111 cm³/mol. The molecule has 0 aliphatic carbocycles. The number of para-hydroxylation sites is 1. The van der Waals surface area contributed by atoms with E-state index in [-0.39, 0.29) is 11.2 Å². The van der Waals surface area contributed by atoms with Crippen LogP contribution in [-0.4, -0.2) is 25.8 Å². The lowest BCUT2D eigenvalue weighted by atomic mass is 10.1. The number of carbonyl (C=O) groups excluding carboxylic acids is 1. The van der Waals surface area contributed by atoms with Crippen molar-refractivity contribution in [1.29, 1.82) is 0 Å². The second-order valence-corrected chi connectivity index (χ2v) is 7.57. The number of fused-ring (bicyclic) bond motifs is 1. The van der Waals surface area contributed by atoms with Crippen molar-refractivity contribution in [3.63, 3.8) is 0 Å². The number of amides is 1. The van der Waals surface area contributed by atoms with Crippen LogP contribution in [0.1, 0.15) is 16.2 Å². The largest absolute Gasteiger partial charge is 0.355 e. The zero-order valence-electron chi connectivity index (χ0n) is 15.7. The number of rotatable bonds is 4. The third kappa shape index (κ3) is 3.25. The van der Waals surface area contributed by atoms with Gasteiger partial charge in [0.25, 0.3) is 5.91 Å². The summed E-state index contributed by atoms with van der Waals surface area (Å²) < 4.78 is 21.5. The van der Waals surface area contributed by atoms with Crippen LogP contribution in [0.25, 0.3) is 26.7 Å². The van der Waals surface area contributed by atoms with Crippen LogP contribution < -0.4 is 5.32 Å². The molecule has 3 heterocycles. The SMILES string of the molecule is Cc1cc(NC(=O)c2cc(-c3ccccc3)on2)n(-c2nc3c(F)cccc3s2)n1. The lowest BCUT2D eigenvalue weighted by molar-refractivity contribution is 0.101. The number of benzene rings is 2. The summed E-state index contributed by atoms with van der Waals surface area (Å²) in [7, 11) is 0. The fourth-order valence-electron chi connectivity index (χ4n) is 3.03. The standard InChI is InChI=1S/C21H14FN5O2S/c1-12-10-18(27(25-12)21-24-19-14(22)8-5-9-17(19)30-21)23-20(28)15-11-16(29-26-15)13-6-3-2-4-7-13/h2-11H,1H3,(H,23,28). The maximum atomic E-state index is 14.0. The van der Waals surface area contributed by atoms with Crippen LogP contribution in [0.2, 0.25) is 0 Å². The molecule has 9 heteroatoms. The van der Waals surface area contributed by atoms with Gasteiger partial charge in [0, 0.05) is 17.7 Å². The minimum absolute atomic E-state index is 0.134. The van der Waals surface area contributed by atoms with Gasteiger partial charge in [-0.25, -0.2) is 9.37 Å². The van der Waals surface area contributed by atoms with Crippen LogP contribution in [-0.2, 0) is 0 Å². The number of hydrogen-bond acceptors (Lipinski definition) is 6. The maximum absolute atomic E-state index is 14.0. The molecule has 0 radical (unpaired) electrons. The number of hydrogen-bond donors (Lipinski definition) is 1. The van der Waals surface area contributed by atoms with E-state index < -0.39 is 11.7 Å². The highest BCUT2D eigenvalue weighted by atomic mass is 32.1. The molecule has 0 saturated carbocycles. The molecule has 1 amide bonds. The number of aryl methyl sites for hydroxylation is 1. The van der Waals surface area contributed by atoms with Crippen molar-refractivity contribution in [2.75, 3.05) is 5.32 Å². The van der Waals surface area contributed by atoms with Crippen molar-refractivity contribution in [3.8, 4) is 16.5 Å². The van der Waals surface area contributed by atoms with Gasteiger partial charge in [0.15, 0.2) is 11.5 Å². The Morgan fingerprint density at radius 1 is 1.13 bits per heavy atom. The molecule has 0 spiro atoms. The normalized spacial score (nSPS) is 11.1. The van der Waals surface area contributed by atoms with Crippen LogP contribution in [0.3, 0.4) is 0 Å². The van der Waals surface area contributed by atoms with Gasteiger partial charge < -0.3 is 9.84 Å². The van der Waals surface area contributed by atoms with Crippen LogP contribution in [0.4, 0.5) is 10.2 Å². The summed E-state index contributed by atoms with van der Waals surface area (Å²) in [6, 6.07) is 17.4. The van der Waals surface area contributed by atoms with E-state index in [4.69, 9.17) is 4.52 Å². The topological polar surface area (TPSA) is 85.8 Å². The Morgan fingerprint density at radius 3 is 2.77 bits per heavy atom. The monoisotopic (exact) mass is 419 g/mol. The third-order valence-corrected chi connectivity index (χ3v) is 5.41. The molecular formula is C21H14FN5O2S. The molecular weight excluding hydrogens is 405 g/mol. The van der Waals surface area contributed by atoms with E-state index in [0.717, 1.165) is 5.56 Å². The van der Waals surface area contributed by atoms with Gasteiger partial charge in [-0.05, 0) is 19.1 Å². The number of aromatic nitrogens is 4. The number of anilines is 1. The van der Waals surface area contributed by atoms with Crippen LogP contribution in [0.5, 0.6) is 0 Å². The van der Waals surface area contributed by atoms with Crippen molar-refractivity contribution >= 4 is 33.3 Å². The van der Waals surface area contributed by atoms with Gasteiger partial charge in [-0.15, -0.1) is 0 Å². The first kappa shape index (κ1) is 18.2. The number of thiazole rings is 1. The van der Waals surface area contributed by atoms with Crippen molar-refractivity contribution < 1.29 is 13.7 Å². The molecule has 3 aromatic heterocycles. The van der Waals surface area contributed by atoms with Gasteiger partial charge in [-0.2, -0.15) is 9.78 Å². The van der Waals surface area contributed by atoms with E-state index in [2.05, 4.69) is 20.6 Å². The van der Waals surface area contributed by atoms with Crippen molar-refractivity contribution in [1.82, 2.24) is 19.9 Å². The molecule has 7 nitrogen and oxygen atoms in total. The van der Waals surface area contributed by atoms with Gasteiger partial charge in [-0.3, -0.25) is 4.79 Å². The van der Waals surface area contributed by atoms with Crippen molar-refractivity contribution in [2.24, 2.45) is 0 Å². The fraction of sp³-hybridized carbons (Fsp3) is 0.0476. The molecule has 148 valence electrons. The Bertz CT molecular complexity index is 1370. The fourth-order valence-corrected chi connectivity index (χ4v) is 3.97. The predicted octanol–water partition coefficient (Wildman–Crippen LogP) is 4.84. The first-order chi connectivity index (χ1) is 14.6. The molecule has 0 atom stereocenters. The Balaban J connectivity index is 1.45. The van der Waals surface area contributed by atoms with E-state index in [1.807, 2.05) is 30.3 Å². The summed E-state index contributed by atoms with van der Waals surface area (Å²) in [5.41, 5.74) is 1.90. The average molecular weight is 419 g/mol. The van der Waals surface area contributed by atoms with Gasteiger partial charge >= 0.3 is 0 Å². The second-order valence-electron chi connectivity index (χ2n) is 6.56. The van der Waals surface area contributed by atoms with E-state index in [0.29, 0.717) is 27.1 Å². The van der Waals surface area contributed by atoms with Gasteiger partial charge in [0.1, 0.15) is 17.2 Å². The summed E-state index contributed by atoms with van der Waals surface area (Å²) in [6.45, 7) is 1.80. The number of halogens is 1. The Morgan fingerprint density at radius 2 is 1.97 bits per heavy atom. The van der Waals surface area contributed by atoms with Crippen LogP contribution >= 0.6 is 11.3 Å². The number of carbonyl (C=O) groups is 1. The molecule has 30 heavy (non-hydrogen) atoms. The van der Waals surface area contributed by atoms with Crippen LogP contribution in [0, 0.1) is 12.7 Å². The highest BCUT2D eigenvalue weighted by Crippen LogP contribution is 2.29. The summed E-state index contributed by atoms with van der Waals surface area (Å²) in [4.78, 5) is 17.1. The van der Waals surface area contributed by atoms with E-state index in [9.17, 15) is 9.18 Å². The van der Waals surface area contributed by atoms with Gasteiger partial charge in [0.2, 0.25) is 5.13 Å². The highest BCUT2D eigenvalue weighted by Gasteiger charge is 2.19. The average Bonchev–Trinajstić information content (AvgIpc) is 3.47. The first-order valence-corrected chi connectivity index (χ1v) is 9.86. The summed E-state index contributed by atoms with van der Waals surface area (Å²) in [5, 5.41) is 11.5. The lowest BCUT2D eigenvalue weighted by Gasteiger charge is -2.04. The lowest BCUT2D eigenvalue weighted by Crippen LogP contribution is -2.15. The summed E-state index contributed by atoms with van der Waals surface area (Å²) in [6.07, 6.45) is 0. The molecule has 0 bridgehead atoms. The maximum Gasteiger partial charge on any atom is 0.279 e. The minimum atomic E-state index is -0.450. The Kier molecular flexibility index (Phi) is 4.36. The minimum Gasteiger partial charge on any atom is -0.355 e. The van der Waals surface area contributed by atoms with E-state index in [1.54, 1.807) is 31.2 Å². The van der Waals surface area contributed by atoms with E-state index >= 15 is 0 Å². The second kappa shape index (κ2) is 7.20. The molecule has 0 aliphatic heterocycles. The van der Waals surface area contributed by atoms with Gasteiger partial charge in [0.05, 0.1) is 10.4 Å². The number of nitrogens with one attached hydrogen (secondary N) is 1. The summed E-state index contributed by atoms with van der Waals surface area (Å²) in [5.74, 6) is 0.0446. The third-order valence-electron chi connectivity index (χ3n) is 4.41. The first-order valence-electron chi connectivity index (χ1n) is 9.04.